The van der Waals surface area contributed by atoms with E-state index in [-0.39, 0.29) is 30.6 Å². The first kappa shape index (κ1) is 20.3. The van der Waals surface area contributed by atoms with Gasteiger partial charge in [-0.05, 0) is 35.4 Å². The highest BCUT2D eigenvalue weighted by atomic mass is 35.5. The molecule has 1 aliphatic heterocycles. The molecule has 0 aliphatic carbocycles. The van der Waals surface area contributed by atoms with Gasteiger partial charge in [-0.25, -0.2) is 4.39 Å². The van der Waals surface area contributed by atoms with Crippen LogP contribution in [0.25, 0.3) is 0 Å². The standard InChI is InChI=1S/C21H23ClFN3O2/c22-18-6-4-16(5-7-18)15-25-8-10-26(11-9-25)21(28)14-24-20(27)13-17-2-1-3-19(23)12-17/h1-7,12H,8-11,13-15H2,(H,24,27). The molecule has 1 N–H and O–H groups in total. The zero-order valence-corrected chi connectivity index (χ0v) is 16.3. The minimum atomic E-state index is -0.377. The van der Waals surface area contributed by atoms with Crippen molar-refractivity contribution in [3.05, 3.63) is 70.5 Å². The van der Waals surface area contributed by atoms with E-state index in [9.17, 15) is 14.0 Å². The van der Waals surface area contributed by atoms with Gasteiger partial charge in [0.05, 0.1) is 13.0 Å². The maximum Gasteiger partial charge on any atom is 0.242 e. The van der Waals surface area contributed by atoms with Gasteiger partial charge in [-0.1, -0.05) is 35.9 Å². The molecule has 0 atom stereocenters. The Balaban J connectivity index is 1.38. The van der Waals surface area contributed by atoms with Crippen LogP contribution in [0.15, 0.2) is 48.5 Å². The number of benzene rings is 2. The summed E-state index contributed by atoms with van der Waals surface area (Å²) in [6, 6.07) is 13.7. The van der Waals surface area contributed by atoms with Crippen molar-refractivity contribution in [3.8, 4) is 0 Å². The molecule has 2 amide bonds. The van der Waals surface area contributed by atoms with E-state index in [2.05, 4.69) is 10.2 Å². The summed E-state index contributed by atoms with van der Waals surface area (Å²) in [4.78, 5) is 28.3. The van der Waals surface area contributed by atoms with Crippen LogP contribution in [0, 0.1) is 5.82 Å². The van der Waals surface area contributed by atoms with E-state index >= 15 is 0 Å². The molecule has 0 unspecified atom stereocenters. The molecule has 28 heavy (non-hydrogen) atoms. The number of amides is 2. The van der Waals surface area contributed by atoms with E-state index in [1.165, 1.54) is 17.7 Å². The average Bonchev–Trinajstić information content (AvgIpc) is 2.68. The second-order valence-electron chi connectivity index (χ2n) is 6.87. The summed E-state index contributed by atoms with van der Waals surface area (Å²) in [5.41, 5.74) is 1.77. The zero-order valence-electron chi connectivity index (χ0n) is 15.5. The van der Waals surface area contributed by atoms with E-state index in [1.54, 1.807) is 17.0 Å². The normalized spacial score (nSPS) is 14.7. The fourth-order valence-corrected chi connectivity index (χ4v) is 3.31. The highest BCUT2D eigenvalue weighted by molar-refractivity contribution is 6.30. The van der Waals surface area contributed by atoms with Crippen molar-refractivity contribution in [2.24, 2.45) is 0 Å². The summed E-state index contributed by atoms with van der Waals surface area (Å²) < 4.78 is 13.2. The quantitative estimate of drug-likeness (QED) is 0.806. The Labute approximate surface area is 169 Å². The van der Waals surface area contributed by atoms with E-state index in [0.29, 0.717) is 18.7 Å². The van der Waals surface area contributed by atoms with Crippen LogP contribution < -0.4 is 5.32 Å². The van der Waals surface area contributed by atoms with Gasteiger partial charge in [-0.3, -0.25) is 14.5 Å². The van der Waals surface area contributed by atoms with E-state index < -0.39 is 0 Å². The van der Waals surface area contributed by atoms with Gasteiger partial charge in [0.25, 0.3) is 0 Å². The lowest BCUT2D eigenvalue weighted by molar-refractivity contribution is -0.134. The van der Waals surface area contributed by atoms with Crippen molar-refractivity contribution in [3.63, 3.8) is 0 Å². The lowest BCUT2D eigenvalue weighted by atomic mass is 10.1. The third-order valence-corrected chi connectivity index (χ3v) is 4.99. The van der Waals surface area contributed by atoms with Crippen molar-refractivity contribution < 1.29 is 14.0 Å². The fraction of sp³-hybridized carbons (Fsp3) is 0.333. The summed E-state index contributed by atoms with van der Waals surface area (Å²) in [5, 5.41) is 3.35. The number of piperazine rings is 1. The molecular weight excluding hydrogens is 381 g/mol. The van der Waals surface area contributed by atoms with Crippen molar-refractivity contribution in [2.45, 2.75) is 13.0 Å². The van der Waals surface area contributed by atoms with E-state index in [1.807, 2.05) is 24.3 Å². The Kier molecular flexibility index (Phi) is 7.01. The summed E-state index contributed by atoms with van der Waals surface area (Å²) in [6.07, 6.45) is 0.0555. The average molecular weight is 404 g/mol. The lowest BCUT2D eigenvalue weighted by Gasteiger charge is -2.34. The molecule has 1 saturated heterocycles. The number of nitrogens with zero attached hydrogens (tertiary/aromatic N) is 2. The van der Waals surface area contributed by atoms with E-state index in [4.69, 9.17) is 11.6 Å². The molecule has 2 aromatic rings. The second-order valence-corrected chi connectivity index (χ2v) is 7.30. The topological polar surface area (TPSA) is 52.7 Å². The first-order valence-electron chi connectivity index (χ1n) is 9.25. The maximum atomic E-state index is 13.2. The highest BCUT2D eigenvalue weighted by Crippen LogP contribution is 2.13. The summed E-state index contributed by atoms with van der Waals surface area (Å²) >= 11 is 5.91. The molecule has 7 heteroatoms. The number of carbonyl (C=O) groups excluding carboxylic acids is 2. The number of hydrogen-bond acceptors (Lipinski definition) is 3. The summed E-state index contributed by atoms with van der Waals surface area (Å²) in [6.45, 7) is 3.62. The number of hydrogen-bond donors (Lipinski definition) is 1. The van der Waals surface area contributed by atoms with Crippen molar-refractivity contribution in [1.29, 1.82) is 0 Å². The van der Waals surface area contributed by atoms with Gasteiger partial charge in [0, 0.05) is 37.7 Å². The molecule has 0 radical (unpaired) electrons. The molecule has 0 aromatic heterocycles. The molecule has 5 nitrogen and oxygen atoms in total. The zero-order chi connectivity index (χ0) is 19.9. The van der Waals surface area contributed by atoms with Gasteiger partial charge < -0.3 is 10.2 Å². The predicted molar refractivity (Wildman–Crippen MR) is 106 cm³/mol. The molecule has 0 bridgehead atoms. The Morgan fingerprint density at radius 3 is 2.39 bits per heavy atom. The molecule has 1 heterocycles. The number of nitrogens with one attached hydrogen (secondary N) is 1. The van der Waals surface area contributed by atoms with Crippen LogP contribution in [-0.4, -0.2) is 54.3 Å². The van der Waals surface area contributed by atoms with Gasteiger partial charge in [0.2, 0.25) is 11.8 Å². The van der Waals surface area contributed by atoms with Gasteiger partial charge in [0.1, 0.15) is 5.82 Å². The molecule has 1 fully saturated rings. The van der Waals surface area contributed by atoms with Crippen LogP contribution in [0.1, 0.15) is 11.1 Å². The fourth-order valence-electron chi connectivity index (χ4n) is 3.18. The molecule has 0 saturated carbocycles. The summed E-state index contributed by atoms with van der Waals surface area (Å²) in [7, 11) is 0. The molecule has 1 aliphatic rings. The van der Waals surface area contributed by atoms with Gasteiger partial charge in [-0.2, -0.15) is 0 Å². The van der Waals surface area contributed by atoms with Gasteiger partial charge in [-0.15, -0.1) is 0 Å². The molecule has 2 aromatic carbocycles. The van der Waals surface area contributed by atoms with Crippen LogP contribution in [0.2, 0.25) is 5.02 Å². The molecule has 148 valence electrons. The van der Waals surface area contributed by atoms with Crippen molar-refractivity contribution >= 4 is 23.4 Å². The summed E-state index contributed by atoms with van der Waals surface area (Å²) in [5.74, 6) is -0.767. The van der Waals surface area contributed by atoms with Crippen molar-refractivity contribution in [1.82, 2.24) is 15.1 Å². The Hall–Kier alpha value is -2.44. The third kappa shape index (κ3) is 6.04. The second kappa shape index (κ2) is 9.66. The molecule has 3 rings (SSSR count). The van der Waals surface area contributed by atoms with Crippen LogP contribution in [0.5, 0.6) is 0 Å². The predicted octanol–water partition coefficient (Wildman–Crippen LogP) is 2.48. The Morgan fingerprint density at radius 1 is 1.00 bits per heavy atom. The van der Waals surface area contributed by atoms with Crippen LogP contribution in [0.4, 0.5) is 4.39 Å². The molecular formula is C21H23ClFN3O2. The van der Waals surface area contributed by atoms with Gasteiger partial charge in [0.15, 0.2) is 0 Å². The Bertz CT molecular complexity index is 821. The van der Waals surface area contributed by atoms with Gasteiger partial charge >= 0.3 is 0 Å². The highest BCUT2D eigenvalue weighted by Gasteiger charge is 2.21. The van der Waals surface area contributed by atoms with Crippen molar-refractivity contribution in [2.75, 3.05) is 32.7 Å². The largest absolute Gasteiger partial charge is 0.347 e. The monoisotopic (exact) mass is 403 g/mol. The first-order valence-corrected chi connectivity index (χ1v) is 9.63. The smallest absolute Gasteiger partial charge is 0.242 e. The number of rotatable bonds is 6. The maximum absolute atomic E-state index is 13.2. The first-order chi connectivity index (χ1) is 13.5. The number of halogens is 2. The van der Waals surface area contributed by atoms with Crippen LogP contribution in [-0.2, 0) is 22.6 Å². The van der Waals surface area contributed by atoms with Crippen LogP contribution in [0.3, 0.4) is 0 Å². The lowest BCUT2D eigenvalue weighted by Crippen LogP contribution is -2.50. The minimum absolute atomic E-state index is 0.0364. The third-order valence-electron chi connectivity index (χ3n) is 4.73. The minimum Gasteiger partial charge on any atom is -0.347 e. The molecule has 0 spiro atoms. The van der Waals surface area contributed by atoms with E-state index in [0.717, 1.165) is 24.7 Å². The Morgan fingerprint density at radius 2 is 1.71 bits per heavy atom. The SMILES string of the molecule is O=C(Cc1cccc(F)c1)NCC(=O)N1CCN(Cc2ccc(Cl)cc2)CC1. The number of carbonyl (C=O) groups is 2. The van der Waals surface area contributed by atoms with Crippen LogP contribution >= 0.6 is 11.6 Å².